The van der Waals surface area contributed by atoms with E-state index in [9.17, 15) is 0 Å². The van der Waals surface area contributed by atoms with Crippen molar-refractivity contribution in [3.63, 3.8) is 0 Å². The van der Waals surface area contributed by atoms with Gasteiger partial charge in [0.05, 0.1) is 0 Å². The number of nitrogens with zero attached hydrogens (tertiary/aromatic N) is 1. The molecular weight excluding hydrogens is 334 g/mol. The molecule has 2 heterocycles. The number of aromatic nitrogens is 1. The number of hydrogen-bond acceptors (Lipinski definition) is 3. The van der Waals surface area contributed by atoms with Gasteiger partial charge in [-0.05, 0) is 18.1 Å². The second-order valence-corrected chi connectivity index (χ2v) is 6.16. The summed E-state index contributed by atoms with van der Waals surface area (Å²) < 4.78 is 7.17. The molecule has 0 aliphatic heterocycles. The summed E-state index contributed by atoms with van der Waals surface area (Å²) in [6.07, 6.45) is 1.93. The minimum atomic E-state index is 0.601. The standard InChI is InChI=1S/C16H14BrNOS/c1-11-14-7-15(19-10-12-5-3-2-4-6-12)20-16(14)13(8-17)9-18-11/h2-7,9H,8,10H2,1H3. The van der Waals surface area contributed by atoms with Gasteiger partial charge in [0.2, 0.25) is 0 Å². The molecule has 0 N–H and O–H groups in total. The zero-order chi connectivity index (χ0) is 13.9. The zero-order valence-electron chi connectivity index (χ0n) is 11.1. The van der Waals surface area contributed by atoms with Crippen LogP contribution < -0.4 is 4.74 Å². The highest BCUT2D eigenvalue weighted by atomic mass is 79.9. The first-order valence-electron chi connectivity index (χ1n) is 6.38. The fraction of sp³-hybridized carbons (Fsp3) is 0.188. The number of benzene rings is 1. The Bertz CT molecular complexity index is 724. The van der Waals surface area contributed by atoms with Gasteiger partial charge in [0.1, 0.15) is 6.61 Å². The summed E-state index contributed by atoms with van der Waals surface area (Å²) in [5.74, 6) is 0. The van der Waals surface area contributed by atoms with E-state index in [0.717, 1.165) is 16.1 Å². The molecular formula is C16H14BrNOS. The van der Waals surface area contributed by atoms with Gasteiger partial charge < -0.3 is 4.74 Å². The smallest absolute Gasteiger partial charge is 0.175 e. The van der Waals surface area contributed by atoms with Gasteiger partial charge in [-0.1, -0.05) is 57.6 Å². The van der Waals surface area contributed by atoms with E-state index in [1.807, 2.05) is 31.3 Å². The number of halogens is 1. The summed E-state index contributed by atoms with van der Waals surface area (Å²) in [5, 5.41) is 2.95. The van der Waals surface area contributed by atoms with Crippen LogP contribution in [-0.2, 0) is 11.9 Å². The van der Waals surface area contributed by atoms with Crippen LogP contribution in [0.1, 0.15) is 16.8 Å². The number of thiophene rings is 1. The van der Waals surface area contributed by atoms with Crippen LogP contribution >= 0.6 is 27.3 Å². The highest BCUT2D eigenvalue weighted by Crippen LogP contribution is 2.36. The molecule has 0 saturated carbocycles. The molecule has 2 aromatic heterocycles. The largest absolute Gasteiger partial charge is 0.479 e. The minimum Gasteiger partial charge on any atom is -0.479 e. The third-order valence-corrected chi connectivity index (χ3v) is 4.90. The summed E-state index contributed by atoms with van der Waals surface area (Å²) in [6, 6.07) is 12.3. The van der Waals surface area contributed by atoms with Crippen LogP contribution in [0.25, 0.3) is 10.1 Å². The maximum absolute atomic E-state index is 5.91. The highest BCUT2D eigenvalue weighted by Gasteiger charge is 2.10. The topological polar surface area (TPSA) is 22.1 Å². The van der Waals surface area contributed by atoms with Crippen molar-refractivity contribution >= 4 is 37.4 Å². The van der Waals surface area contributed by atoms with Gasteiger partial charge in [-0.25, -0.2) is 0 Å². The molecule has 0 bridgehead atoms. The Labute approximate surface area is 130 Å². The SMILES string of the molecule is Cc1ncc(CBr)c2sc(OCc3ccccc3)cc12. The Morgan fingerprint density at radius 1 is 1.25 bits per heavy atom. The molecule has 0 atom stereocenters. The van der Waals surface area contributed by atoms with E-state index in [1.54, 1.807) is 11.3 Å². The van der Waals surface area contributed by atoms with Crippen LogP contribution in [0.2, 0.25) is 0 Å². The van der Waals surface area contributed by atoms with Crippen LogP contribution in [0.15, 0.2) is 42.6 Å². The van der Waals surface area contributed by atoms with Crippen molar-refractivity contribution < 1.29 is 4.74 Å². The molecule has 3 rings (SSSR count). The monoisotopic (exact) mass is 347 g/mol. The summed E-state index contributed by atoms with van der Waals surface area (Å²) >= 11 is 5.20. The normalized spacial score (nSPS) is 10.9. The number of hydrogen-bond donors (Lipinski definition) is 0. The Hall–Kier alpha value is -1.39. The summed E-state index contributed by atoms with van der Waals surface area (Å²) in [6.45, 7) is 2.64. The van der Waals surface area contributed by atoms with Crippen molar-refractivity contribution in [3.8, 4) is 5.06 Å². The zero-order valence-corrected chi connectivity index (χ0v) is 13.5. The van der Waals surface area contributed by atoms with Crippen molar-refractivity contribution in [1.82, 2.24) is 4.98 Å². The Balaban J connectivity index is 1.88. The van der Waals surface area contributed by atoms with Crippen molar-refractivity contribution in [3.05, 3.63) is 59.4 Å². The molecule has 0 saturated heterocycles. The van der Waals surface area contributed by atoms with Crippen LogP contribution in [0.3, 0.4) is 0 Å². The molecule has 0 fully saturated rings. The number of ether oxygens (including phenoxy) is 1. The van der Waals surface area contributed by atoms with Gasteiger partial charge in [-0.15, -0.1) is 0 Å². The second kappa shape index (κ2) is 5.94. The Morgan fingerprint density at radius 2 is 2.05 bits per heavy atom. The van der Waals surface area contributed by atoms with E-state index < -0.39 is 0 Å². The average molecular weight is 348 g/mol. The molecule has 0 unspecified atom stereocenters. The quantitative estimate of drug-likeness (QED) is 0.614. The van der Waals surface area contributed by atoms with Crippen molar-refractivity contribution in [2.75, 3.05) is 0 Å². The van der Waals surface area contributed by atoms with Gasteiger partial charge in [-0.3, -0.25) is 4.98 Å². The third-order valence-electron chi connectivity index (χ3n) is 3.17. The van der Waals surface area contributed by atoms with Gasteiger partial charge >= 0.3 is 0 Å². The van der Waals surface area contributed by atoms with E-state index in [0.29, 0.717) is 6.61 Å². The number of rotatable bonds is 4. The molecule has 4 heteroatoms. The predicted molar refractivity (Wildman–Crippen MR) is 87.8 cm³/mol. The van der Waals surface area contributed by atoms with Crippen molar-refractivity contribution in [2.24, 2.45) is 0 Å². The number of alkyl halides is 1. The number of fused-ring (bicyclic) bond motifs is 1. The lowest BCUT2D eigenvalue weighted by Gasteiger charge is -2.02. The minimum absolute atomic E-state index is 0.601. The van der Waals surface area contributed by atoms with Crippen LogP contribution in [0, 0.1) is 6.92 Å². The number of aryl methyl sites for hydroxylation is 1. The fourth-order valence-corrected chi connectivity index (χ4v) is 3.75. The van der Waals surface area contributed by atoms with Crippen LogP contribution in [0.4, 0.5) is 0 Å². The van der Waals surface area contributed by atoms with E-state index >= 15 is 0 Å². The fourth-order valence-electron chi connectivity index (χ4n) is 2.07. The van der Waals surface area contributed by atoms with E-state index in [2.05, 4.69) is 39.1 Å². The van der Waals surface area contributed by atoms with Crippen molar-refractivity contribution in [2.45, 2.75) is 18.9 Å². The molecule has 102 valence electrons. The molecule has 2 nitrogen and oxygen atoms in total. The molecule has 0 aliphatic rings. The van der Waals surface area contributed by atoms with Crippen molar-refractivity contribution in [1.29, 1.82) is 0 Å². The third kappa shape index (κ3) is 2.72. The Morgan fingerprint density at radius 3 is 2.80 bits per heavy atom. The number of pyridine rings is 1. The molecule has 0 spiro atoms. The first-order chi connectivity index (χ1) is 9.78. The lowest BCUT2D eigenvalue weighted by atomic mass is 10.2. The maximum atomic E-state index is 5.91. The lowest BCUT2D eigenvalue weighted by molar-refractivity contribution is 0.316. The van der Waals surface area contributed by atoms with Crippen LogP contribution in [0.5, 0.6) is 5.06 Å². The summed E-state index contributed by atoms with van der Waals surface area (Å²) in [7, 11) is 0. The molecule has 20 heavy (non-hydrogen) atoms. The summed E-state index contributed by atoms with van der Waals surface area (Å²) in [5.41, 5.74) is 3.45. The Kier molecular flexibility index (Phi) is 4.03. The van der Waals surface area contributed by atoms with E-state index in [-0.39, 0.29) is 0 Å². The van der Waals surface area contributed by atoms with Gasteiger partial charge in [-0.2, -0.15) is 0 Å². The molecule has 3 aromatic rings. The molecule has 1 aromatic carbocycles. The van der Waals surface area contributed by atoms with E-state index in [1.165, 1.54) is 21.2 Å². The predicted octanol–water partition coefficient (Wildman–Crippen LogP) is 5.08. The average Bonchev–Trinajstić information content (AvgIpc) is 2.92. The van der Waals surface area contributed by atoms with Crippen LogP contribution in [-0.4, -0.2) is 4.98 Å². The molecule has 0 amide bonds. The lowest BCUT2D eigenvalue weighted by Crippen LogP contribution is -1.92. The highest BCUT2D eigenvalue weighted by molar-refractivity contribution is 9.08. The van der Waals surface area contributed by atoms with Gasteiger partial charge in [0.15, 0.2) is 5.06 Å². The molecule has 0 radical (unpaired) electrons. The second-order valence-electron chi connectivity index (χ2n) is 4.58. The molecule has 0 aliphatic carbocycles. The van der Waals surface area contributed by atoms with Gasteiger partial charge in [0, 0.05) is 33.4 Å². The summed E-state index contributed by atoms with van der Waals surface area (Å²) in [4.78, 5) is 4.43. The van der Waals surface area contributed by atoms with Gasteiger partial charge in [0.25, 0.3) is 0 Å². The first-order valence-corrected chi connectivity index (χ1v) is 8.32. The van der Waals surface area contributed by atoms with E-state index in [4.69, 9.17) is 4.74 Å². The first kappa shape index (κ1) is 13.6. The maximum Gasteiger partial charge on any atom is 0.175 e.